The zero-order valence-electron chi connectivity index (χ0n) is 6.46. The Morgan fingerprint density at radius 2 is 1.91 bits per heavy atom. The molecule has 0 aliphatic heterocycles. The van der Waals surface area contributed by atoms with Crippen molar-refractivity contribution in [1.29, 1.82) is 0 Å². The SMILES string of the molecule is Cc1cc2ccccc2[cH-]1.[Zr+2]. The molecule has 2 aromatic rings. The topological polar surface area (TPSA) is 0 Å². The van der Waals surface area contributed by atoms with E-state index in [1.165, 1.54) is 16.3 Å². The molecule has 0 N–H and O–H groups in total. The molecule has 0 aliphatic carbocycles. The summed E-state index contributed by atoms with van der Waals surface area (Å²) in [5, 5.41) is 2.69. The molecule has 0 amide bonds. The molecule has 2 rings (SSSR count). The maximum absolute atomic E-state index is 2.20. The molecule has 0 aliphatic rings. The molecule has 0 saturated heterocycles. The molecule has 0 bridgehead atoms. The number of hydrogen-bond acceptors (Lipinski definition) is 0. The maximum Gasteiger partial charge on any atom is 2.00 e. The van der Waals surface area contributed by atoms with E-state index >= 15 is 0 Å². The van der Waals surface area contributed by atoms with Crippen molar-refractivity contribution in [2.75, 3.05) is 0 Å². The number of aryl methyl sites for hydroxylation is 1. The van der Waals surface area contributed by atoms with Gasteiger partial charge in [0.1, 0.15) is 0 Å². The van der Waals surface area contributed by atoms with Gasteiger partial charge in [-0.2, -0.15) is 6.07 Å². The number of rotatable bonds is 0. The van der Waals surface area contributed by atoms with Crippen molar-refractivity contribution in [3.05, 3.63) is 42.0 Å². The first-order valence-corrected chi connectivity index (χ1v) is 3.48. The fraction of sp³-hybridized carbons (Fsp3) is 0.100. The summed E-state index contributed by atoms with van der Waals surface area (Å²) in [4.78, 5) is 0. The van der Waals surface area contributed by atoms with Crippen LogP contribution in [0.15, 0.2) is 36.4 Å². The van der Waals surface area contributed by atoms with E-state index in [0.717, 1.165) is 0 Å². The number of hydrogen-bond donors (Lipinski definition) is 0. The molecule has 0 saturated carbocycles. The largest absolute Gasteiger partial charge is 2.00 e. The van der Waals surface area contributed by atoms with E-state index in [2.05, 4.69) is 43.3 Å². The molecule has 0 nitrogen and oxygen atoms in total. The fourth-order valence-corrected chi connectivity index (χ4v) is 1.31. The van der Waals surface area contributed by atoms with Gasteiger partial charge in [0.25, 0.3) is 0 Å². The zero-order chi connectivity index (χ0) is 6.97. The average molecular weight is 220 g/mol. The third-order valence-electron chi connectivity index (χ3n) is 1.76. The van der Waals surface area contributed by atoms with E-state index in [9.17, 15) is 0 Å². The van der Waals surface area contributed by atoms with Crippen LogP contribution in [-0.4, -0.2) is 0 Å². The Morgan fingerprint density at radius 3 is 2.64 bits per heavy atom. The molecule has 0 spiro atoms. The second-order valence-corrected chi connectivity index (χ2v) is 2.66. The summed E-state index contributed by atoms with van der Waals surface area (Å²) in [6, 6.07) is 12.8. The Kier molecular flexibility index (Phi) is 2.73. The second kappa shape index (κ2) is 3.41. The van der Waals surface area contributed by atoms with Crippen molar-refractivity contribution in [3.8, 4) is 0 Å². The van der Waals surface area contributed by atoms with Crippen LogP contribution < -0.4 is 0 Å². The summed E-state index contributed by atoms with van der Waals surface area (Å²) in [6.07, 6.45) is 0. The van der Waals surface area contributed by atoms with E-state index in [-0.39, 0.29) is 26.2 Å². The van der Waals surface area contributed by atoms with Gasteiger partial charge in [-0.3, -0.25) is 0 Å². The smallest absolute Gasteiger partial charge is 0.165 e. The van der Waals surface area contributed by atoms with Crippen LogP contribution in [0.1, 0.15) is 5.56 Å². The number of fused-ring (bicyclic) bond motifs is 1. The van der Waals surface area contributed by atoms with E-state index in [4.69, 9.17) is 0 Å². The van der Waals surface area contributed by atoms with Gasteiger partial charge in [-0.1, -0.05) is 13.0 Å². The standard InChI is InChI=1S/C10H9.Zr/c1-8-6-9-4-2-3-5-10(9)7-8;/h2-7H,1H3;/q-1;+2. The van der Waals surface area contributed by atoms with Crippen LogP contribution in [0, 0.1) is 6.92 Å². The van der Waals surface area contributed by atoms with Gasteiger partial charge in [-0.25, -0.2) is 0 Å². The Balaban J connectivity index is 0.000000605. The molecular weight excluding hydrogens is 211 g/mol. The van der Waals surface area contributed by atoms with Crippen LogP contribution in [0.2, 0.25) is 0 Å². The zero-order valence-corrected chi connectivity index (χ0v) is 8.92. The Labute approximate surface area is 85.7 Å². The summed E-state index contributed by atoms with van der Waals surface area (Å²) < 4.78 is 0. The molecule has 0 unspecified atom stereocenters. The predicted octanol–water partition coefficient (Wildman–Crippen LogP) is 2.86. The molecular formula is C10H9Zr+. The normalized spacial score (nSPS) is 9.55. The molecule has 2 aromatic carbocycles. The minimum atomic E-state index is 0. The van der Waals surface area contributed by atoms with Crippen LogP contribution >= 0.6 is 0 Å². The molecule has 0 fully saturated rings. The van der Waals surface area contributed by atoms with Crippen LogP contribution in [0.25, 0.3) is 10.8 Å². The average Bonchev–Trinajstić information content (AvgIpc) is 2.27. The summed E-state index contributed by atoms with van der Waals surface area (Å²) >= 11 is 0. The molecule has 0 heterocycles. The molecule has 52 valence electrons. The molecule has 11 heavy (non-hydrogen) atoms. The minimum absolute atomic E-state index is 0. The quantitative estimate of drug-likeness (QED) is 0.599. The van der Waals surface area contributed by atoms with Crippen molar-refractivity contribution in [2.24, 2.45) is 0 Å². The third-order valence-corrected chi connectivity index (χ3v) is 1.76. The van der Waals surface area contributed by atoms with Gasteiger partial charge in [0.15, 0.2) is 0 Å². The van der Waals surface area contributed by atoms with E-state index in [1.807, 2.05) is 0 Å². The van der Waals surface area contributed by atoms with Crippen molar-refractivity contribution < 1.29 is 26.2 Å². The van der Waals surface area contributed by atoms with Gasteiger partial charge >= 0.3 is 26.2 Å². The Bertz CT molecular complexity index is 313. The Hall–Kier alpha value is -0.287. The van der Waals surface area contributed by atoms with Crippen molar-refractivity contribution in [2.45, 2.75) is 6.92 Å². The van der Waals surface area contributed by atoms with E-state index in [0.29, 0.717) is 0 Å². The molecule has 1 heteroatoms. The maximum atomic E-state index is 2.20. The first-order chi connectivity index (χ1) is 4.86. The first kappa shape index (κ1) is 8.81. The second-order valence-electron chi connectivity index (χ2n) is 2.66. The summed E-state index contributed by atoms with van der Waals surface area (Å²) in [6.45, 7) is 2.12. The predicted molar refractivity (Wildman–Crippen MR) is 44.3 cm³/mol. The summed E-state index contributed by atoms with van der Waals surface area (Å²) in [7, 11) is 0. The van der Waals surface area contributed by atoms with Gasteiger partial charge in [0, 0.05) is 0 Å². The van der Waals surface area contributed by atoms with E-state index < -0.39 is 0 Å². The van der Waals surface area contributed by atoms with Gasteiger partial charge in [-0.15, -0.1) is 40.6 Å². The van der Waals surface area contributed by atoms with Crippen molar-refractivity contribution in [3.63, 3.8) is 0 Å². The summed E-state index contributed by atoms with van der Waals surface area (Å²) in [5.41, 5.74) is 1.35. The monoisotopic (exact) mass is 219 g/mol. The number of benzene rings is 1. The fourth-order valence-electron chi connectivity index (χ4n) is 1.31. The summed E-state index contributed by atoms with van der Waals surface area (Å²) in [5.74, 6) is 0. The van der Waals surface area contributed by atoms with Crippen LogP contribution in [0.5, 0.6) is 0 Å². The van der Waals surface area contributed by atoms with Gasteiger partial charge in [0.05, 0.1) is 0 Å². The van der Waals surface area contributed by atoms with Crippen LogP contribution in [0.3, 0.4) is 0 Å². The van der Waals surface area contributed by atoms with Gasteiger partial charge in [0.2, 0.25) is 0 Å². The minimum Gasteiger partial charge on any atom is -0.165 e. The molecule has 0 aromatic heterocycles. The van der Waals surface area contributed by atoms with Crippen molar-refractivity contribution >= 4 is 10.8 Å². The third kappa shape index (κ3) is 1.65. The van der Waals surface area contributed by atoms with Crippen LogP contribution in [0.4, 0.5) is 0 Å². The first-order valence-electron chi connectivity index (χ1n) is 3.48. The molecule has 0 radical (unpaired) electrons. The molecule has 0 atom stereocenters. The van der Waals surface area contributed by atoms with Crippen LogP contribution in [-0.2, 0) is 26.2 Å². The van der Waals surface area contributed by atoms with Gasteiger partial charge in [-0.05, 0) is 0 Å². The van der Waals surface area contributed by atoms with Gasteiger partial charge < -0.3 is 0 Å². The van der Waals surface area contributed by atoms with E-state index in [1.54, 1.807) is 0 Å². The van der Waals surface area contributed by atoms with Crippen molar-refractivity contribution in [1.82, 2.24) is 0 Å². The Morgan fingerprint density at radius 1 is 1.18 bits per heavy atom.